The Morgan fingerprint density at radius 1 is 0.871 bits per heavy atom. The third kappa shape index (κ3) is 14.6. The number of hydrogen-bond acceptors (Lipinski definition) is 3. The molecule has 0 saturated carbocycles. The van der Waals surface area contributed by atoms with Crippen molar-refractivity contribution in [2.45, 2.75) is 104 Å². The Morgan fingerprint density at radius 2 is 1.42 bits per heavy atom. The molecule has 0 spiro atoms. The van der Waals surface area contributed by atoms with Crippen molar-refractivity contribution in [3.05, 3.63) is 29.6 Å². The van der Waals surface area contributed by atoms with Crippen molar-refractivity contribution in [2.24, 2.45) is 0 Å². The smallest absolute Gasteiger partial charge is 0.384 e. The highest BCUT2D eigenvalue weighted by Gasteiger charge is 2.02. The van der Waals surface area contributed by atoms with Gasteiger partial charge in [-0.3, -0.25) is 0 Å². The van der Waals surface area contributed by atoms with E-state index in [1.807, 2.05) is 0 Å². The molecule has 4 heteroatoms. The first-order chi connectivity index (χ1) is 15.2. The lowest BCUT2D eigenvalue weighted by Gasteiger charge is -2.07. The van der Waals surface area contributed by atoms with Gasteiger partial charge in [0.1, 0.15) is 5.82 Å². The van der Waals surface area contributed by atoms with Crippen LogP contribution in [0.5, 0.6) is 0 Å². The summed E-state index contributed by atoms with van der Waals surface area (Å²) in [7, 11) is 0. The minimum absolute atomic E-state index is 0.204. The molecule has 31 heavy (non-hydrogen) atoms. The highest BCUT2D eigenvalue weighted by atomic mass is 19.1. The summed E-state index contributed by atoms with van der Waals surface area (Å²) in [6.45, 7) is 5.08. The van der Waals surface area contributed by atoms with Crippen molar-refractivity contribution in [3.63, 3.8) is 0 Å². The van der Waals surface area contributed by atoms with Crippen LogP contribution in [0.2, 0.25) is 0 Å². The molecule has 0 amide bonds. The zero-order valence-electron chi connectivity index (χ0n) is 19.7. The molecule has 0 radical (unpaired) electrons. The van der Waals surface area contributed by atoms with Gasteiger partial charge in [-0.2, -0.15) is 0 Å². The van der Waals surface area contributed by atoms with Crippen LogP contribution in [-0.4, -0.2) is 19.1 Å². The summed E-state index contributed by atoms with van der Waals surface area (Å²) in [5, 5.41) is 3.26. The number of carbonyl (C=O) groups excluding carboxylic acids is 1. The molecule has 0 heterocycles. The first kappa shape index (κ1) is 27.0. The fourth-order valence-corrected chi connectivity index (χ4v) is 3.56. The van der Waals surface area contributed by atoms with Crippen LogP contribution in [0.1, 0.15) is 109 Å². The molecule has 0 saturated heterocycles. The zero-order valence-corrected chi connectivity index (χ0v) is 19.7. The standard InChI is InChI=1S/C27H42FNO2/c1-3-5-6-7-8-9-10-11-12-13-14-15-16-17-22-29-25-20-18-24(26(28)23-25)19-21-27(30)31-4-2/h18,20,23,29H,3-17,22H2,1-2H3. The number of carbonyl (C=O) groups is 1. The number of anilines is 1. The van der Waals surface area contributed by atoms with Crippen LogP contribution >= 0.6 is 0 Å². The summed E-state index contributed by atoms with van der Waals surface area (Å²) >= 11 is 0. The number of nitrogens with one attached hydrogen (secondary N) is 1. The van der Waals surface area contributed by atoms with Crippen LogP contribution in [0.15, 0.2) is 18.2 Å². The summed E-state index contributed by atoms with van der Waals surface area (Å²) in [5.41, 5.74) is 0.948. The lowest BCUT2D eigenvalue weighted by atomic mass is 10.0. The van der Waals surface area contributed by atoms with Gasteiger partial charge >= 0.3 is 5.97 Å². The van der Waals surface area contributed by atoms with E-state index in [1.165, 1.54) is 89.5 Å². The summed E-state index contributed by atoms with van der Waals surface area (Å²) in [6, 6.07) is 4.82. The largest absolute Gasteiger partial charge is 0.456 e. The first-order valence-corrected chi connectivity index (χ1v) is 12.4. The van der Waals surface area contributed by atoms with E-state index in [0.717, 1.165) is 18.7 Å². The number of ether oxygens (including phenoxy) is 1. The van der Waals surface area contributed by atoms with Gasteiger partial charge in [-0.25, -0.2) is 9.18 Å². The van der Waals surface area contributed by atoms with E-state index in [0.29, 0.717) is 0 Å². The summed E-state index contributed by atoms with van der Waals surface area (Å²) in [6.07, 6.45) is 18.8. The number of halogens is 1. The fraction of sp³-hybridized carbons (Fsp3) is 0.667. The lowest BCUT2D eigenvalue weighted by molar-refractivity contribution is -0.136. The maximum atomic E-state index is 14.1. The molecule has 174 valence electrons. The van der Waals surface area contributed by atoms with E-state index in [-0.39, 0.29) is 12.2 Å². The molecule has 3 nitrogen and oxygen atoms in total. The van der Waals surface area contributed by atoms with Crippen molar-refractivity contribution in [3.8, 4) is 11.8 Å². The minimum atomic E-state index is -0.637. The Bertz CT molecular complexity index is 663. The van der Waals surface area contributed by atoms with Crippen molar-refractivity contribution in [1.82, 2.24) is 0 Å². The highest BCUT2D eigenvalue weighted by Crippen LogP contribution is 2.15. The Hall–Kier alpha value is -2.02. The van der Waals surface area contributed by atoms with Crippen LogP contribution in [0, 0.1) is 17.7 Å². The normalized spacial score (nSPS) is 10.4. The van der Waals surface area contributed by atoms with Crippen molar-refractivity contribution < 1.29 is 13.9 Å². The molecule has 0 aliphatic heterocycles. The van der Waals surface area contributed by atoms with Gasteiger partial charge in [-0.1, -0.05) is 96.3 Å². The van der Waals surface area contributed by atoms with E-state index >= 15 is 0 Å². The second-order valence-electron chi connectivity index (χ2n) is 8.19. The van der Waals surface area contributed by atoms with Gasteiger partial charge in [0, 0.05) is 18.2 Å². The molecule has 1 aromatic rings. The maximum absolute atomic E-state index is 14.1. The van der Waals surface area contributed by atoms with Crippen LogP contribution in [0.4, 0.5) is 10.1 Å². The topological polar surface area (TPSA) is 38.3 Å². The molecule has 0 unspecified atom stereocenters. The van der Waals surface area contributed by atoms with Crippen LogP contribution in [-0.2, 0) is 9.53 Å². The second kappa shape index (κ2) is 18.7. The number of hydrogen-bond donors (Lipinski definition) is 1. The Morgan fingerprint density at radius 3 is 1.94 bits per heavy atom. The molecule has 1 N–H and O–H groups in total. The molecule has 0 fully saturated rings. The Balaban J connectivity index is 2.02. The first-order valence-electron chi connectivity index (χ1n) is 12.4. The van der Waals surface area contributed by atoms with E-state index < -0.39 is 11.8 Å². The quantitative estimate of drug-likeness (QED) is 0.156. The maximum Gasteiger partial charge on any atom is 0.384 e. The molecule has 0 aliphatic carbocycles. The van der Waals surface area contributed by atoms with Crippen LogP contribution in [0.25, 0.3) is 0 Å². The van der Waals surface area contributed by atoms with Gasteiger partial charge in [-0.15, -0.1) is 0 Å². The predicted octanol–water partition coefficient (Wildman–Crippen LogP) is 7.63. The number of esters is 1. The van der Waals surface area contributed by atoms with Crippen molar-refractivity contribution in [1.29, 1.82) is 0 Å². The number of benzene rings is 1. The number of rotatable bonds is 17. The molecule has 0 bridgehead atoms. The van der Waals surface area contributed by atoms with E-state index in [1.54, 1.807) is 19.1 Å². The molecular weight excluding hydrogens is 389 g/mol. The summed E-state index contributed by atoms with van der Waals surface area (Å²) in [5.74, 6) is 3.74. The monoisotopic (exact) mass is 431 g/mol. The van der Waals surface area contributed by atoms with Crippen LogP contribution in [0.3, 0.4) is 0 Å². The molecule has 1 aromatic carbocycles. The van der Waals surface area contributed by atoms with Crippen molar-refractivity contribution >= 4 is 11.7 Å². The summed E-state index contributed by atoms with van der Waals surface area (Å²) < 4.78 is 18.8. The average Bonchev–Trinajstić information content (AvgIpc) is 2.76. The molecule has 0 aliphatic rings. The SMILES string of the molecule is CCCCCCCCCCCCCCCCNc1ccc(C#CC(=O)OCC)c(F)c1. The second-order valence-corrected chi connectivity index (χ2v) is 8.19. The van der Waals surface area contributed by atoms with Gasteiger partial charge < -0.3 is 10.1 Å². The third-order valence-electron chi connectivity index (χ3n) is 5.40. The van der Waals surface area contributed by atoms with Gasteiger partial charge in [-0.05, 0) is 31.5 Å². The lowest BCUT2D eigenvalue weighted by Crippen LogP contribution is -2.02. The molecule has 1 rings (SSSR count). The number of unbranched alkanes of at least 4 members (excludes halogenated alkanes) is 13. The van der Waals surface area contributed by atoms with E-state index in [2.05, 4.69) is 24.1 Å². The zero-order chi connectivity index (χ0) is 22.6. The third-order valence-corrected chi connectivity index (χ3v) is 5.40. The minimum Gasteiger partial charge on any atom is -0.456 e. The Labute approximate surface area is 189 Å². The van der Waals surface area contributed by atoms with Crippen LogP contribution < -0.4 is 5.32 Å². The van der Waals surface area contributed by atoms with Gasteiger partial charge in [0.25, 0.3) is 0 Å². The molecule has 0 aromatic heterocycles. The Kier molecular flexibility index (Phi) is 16.3. The fourth-order valence-electron chi connectivity index (χ4n) is 3.56. The molecular formula is C27H42FNO2. The van der Waals surface area contributed by atoms with Gasteiger partial charge in [0.2, 0.25) is 0 Å². The van der Waals surface area contributed by atoms with E-state index in [9.17, 15) is 9.18 Å². The van der Waals surface area contributed by atoms with Gasteiger partial charge in [0.15, 0.2) is 0 Å². The van der Waals surface area contributed by atoms with Crippen molar-refractivity contribution in [2.75, 3.05) is 18.5 Å². The van der Waals surface area contributed by atoms with Gasteiger partial charge in [0.05, 0.1) is 12.2 Å². The predicted molar refractivity (Wildman–Crippen MR) is 129 cm³/mol. The average molecular weight is 432 g/mol. The molecule has 0 atom stereocenters. The summed E-state index contributed by atoms with van der Waals surface area (Å²) in [4.78, 5) is 11.2. The highest BCUT2D eigenvalue weighted by molar-refractivity contribution is 5.89. The van der Waals surface area contributed by atoms with E-state index in [4.69, 9.17) is 4.74 Å².